The molecular weight excluding hydrogens is 274 g/mol. The van der Waals surface area contributed by atoms with Crippen molar-refractivity contribution >= 4 is 11.9 Å². The molecule has 0 aromatic heterocycles. The molecule has 0 saturated heterocycles. The first kappa shape index (κ1) is 13.7. The van der Waals surface area contributed by atoms with Crippen molar-refractivity contribution < 1.29 is 23.8 Å². The van der Waals surface area contributed by atoms with Crippen LogP contribution in [0.4, 0.5) is 0 Å². The Balaban J connectivity index is 1.42. The molecule has 1 aromatic carbocycles. The fraction of sp³-hybridized carbons (Fsp3) is 0.467. The molecular formula is C15H17NO5. The zero-order chi connectivity index (χ0) is 14.8. The number of benzene rings is 1. The van der Waals surface area contributed by atoms with Crippen LogP contribution in [0.3, 0.4) is 0 Å². The molecule has 3 rings (SSSR count). The van der Waals surface area contributed by atoms with Crippen molar-refractivity contribution in [2.45, 2.75) is 19.9 Å². The van der Waals surface area contributed by atoms with Crippen LogP contribution in [0.2, 0.25) is 0 Å². The summed E-state index contributed by atoms with van der Waals surface area (Å²) >= 11 is 0. The number of rotatable bonds is 5. The molecule has 1 fully saturated rings. The first-order valence-corrected chi connectivity index (χ1v) is 6.95. The Labute approximate surface area is 122 Å². The van der Waals surface area contributed by atoms with Crippen molar-refractivity contribution in [3.63, 3.8) is 0 Å². The van der Waals surface area contributed by atoms with Gasteiger partial charge in [0, 0.05) is 6.54 Å². The normalized spacial score (nSPS) is 21.8. The lowest BCUT2D eigenvalue weighted by Crippen LogP contribution is -2.28. The second kappa shape index (κ2) is 5.63. The van der Waals surface area contributed by atoms with E-state index in [1.54, 1.807) is 6.07 Å². The quantitative estimate of drug-likeness (QED) is 0.826. The number of amides is 1. The van der Waals surface area contributed by atoms with Gasteiger partial charge in [-0.3, -0.25) is 9.59 Å². The molecule has 1 N–H and O–H groups in total. The van der Waals surface area contributed by atoms with Crippen LogP contribution in [0.15, 0.2) is 18.2 Å². The smallest absolute Gasteiger partial charge is 0.309 e. The Morgan fingerprint density at radius 1 is 1.33 bits per heavy atom. The molecule has 0 bridgehead atoms. The van der Waals surface area contributed by atoms with Crippen LogP contribution in [0.25, 0.3) is 0 Å². The number of esters is 1. The Morgan fingerprint density at radius 3 is 2.86 bits per heavy atom. The fourth-order valence-electron chi connectivity index (χ4n) is 2.20. The third-order valence-corrected chi connectivity index (χ3v) is 3.68. The summed E-state index contributed by atoms with van der Waals surface area (Å²) in [5.74, 6) is 1.16. The molecule has 1 heterocycles. The lowest BCUT2D eigenvalue weighted by molar-refractivity contribution is -0.150. The molecule has 6 nitrogen and oxygen atoms in total. The summed E-state index contributed by atoms with van der Waals surface area (Å²) in [6, 6.07) is 5.48. The lowest BCUT2D eigenvalue weighted by atomic mass is 10.2. The molecule has 1 aliphatic carbocycles. The van der Waals surface area contributed by atoms with E-state index in [1.165, 1.54) is 0 Å². The number of fused-ring (bicyclic) bond motifs is 1. The summed E-state index contributed by atoms with van der Waals surface area (Å²) in [6.07, 6.45) is 0.859. The number of nitrogens with one attached hydrogen (secondary N) is 1. The summed E-state index contributed by atoms with van der Waals surface area (Å²) in [4.78, 5) is 23.1. The summed E-state index contributed by atoms with van der Waals surface area (Å²) in [7, 11) is 0. The van der Waals surface area contributed by atoms with Gasteiger partial charge in [0.15, 0.2) is 18.1 Å². The van der Waals surface area contributed by atoms with E-state index in [2.05, 4.69) is 5.32 Å². The van der Waals surface area contributed by atoms with Crippen LogP contribution < -0.4 is 14.8 Å². The molecule has 0 radical (unpaired) electrons. The maximum Gasteiger partial charge on any atom is 0.309 e. The molecule has 1 saturated carbocycles. The summed E-state index contributed by atoms with van der Waals surface area (Å²) in [5, 5.41) is 2.70. The fourth-order valence-corrected chi connectivity index (χ4v) is 2.20. The Morgan fingerprint density at radius 2 is 2.10 bits per heavy atom. The molecule has 1 aliphatic heterocycles. The maximum absolute atomic E-state index is 11.6. The van der Waals surface area contributed by atoms with E-state index in [9.17, 15) is 9.59 Å². The second-order valence-corrected chi connectivity index (χ2v) is 5.39. The average Bonchev–Trinajstić information content (AvgIpc) is 3.03. The Bertz CT molecular complexity index is 571. The maximum atomic E-state index is 11.6. The van der Waals surface area contributed by atoms with Gasteiger partial charge in [0.2, 0.25) is 6.79 Å². The van der Waals surface area contributed by atoms with E-state index in [-0.39, 0.29) is 31.2 Å². The van der Waals surface area contributed by atoms with Gasteiger partial charge in [-0.05, 0) is 30.0 Å². The summed E-state index contributed by atoms with van der Waals surface area (Å²) in [6.45, 7) is 2.34. The van der Waals surface area contributed by atoms with Crippen LogP contribution in [-0.4, -0.2) is 25.3 Å². The van der Waals surface area contributed by atoms with E-state index < -0.39 is 0 Å². The highest BCUT2D eigenvalue weighted by molar-refractivity contribution is 5.82. The molecule has 1 aromatic rings. The minimum atomic E-state index is -0.311. The van der Waals surface area contributed by atoms with Gasteiger partial charge >= 0.3 is 5.97 Å². The molecule has 6 heteroatoms. The zero-order valence-electron chi connectivity index (χ0n) is 11.8. The van der Waals surface area contributed by atoms with Gasteiger partial charge in [-0.25, -0.2) is 0 Å². The largest absolute Gasteiger partial charge is 0.455 e. The van der Waals surface area contributed by atoms with Crippen LogP contribution >= 0.6 is 0 Å². The Kier molecular flexibility index (Phi) is 3.68. The third kappa shape index (κ3) is 3.26. The van der Waals surface area contributed by atoms with Crippen molar-refractivity contribution in [1.29, 1.82) is 0 Å². The highest BCUT2D eigenvalue weighted by atomic mass is 16.7. The lowest BCUT2D eigenvalue weighted by Gasteiger charge is -2.07. The molecule has 21 heavy (non-hydrogen) atoms. The molecule has 1 amide bonds. The van der Waals surface area contributed by atoms with Gasteiger partial charge in [0.05, 0.1) is 5.92 Å². The van der Waals surface area contributed by atoms with Gasteiger partial charge < -0.3 is 19.5 Å². The van der Waals surface area contributed by atoms with E-state index in [4.69, 9.17) is 14.2 Å². The summed E-state index contributed by atoms with van der Waals surface area (Å²) in [5.41, 5.74) is 0.898. The minimum absolute atomic E-state index is 0.0216. The molecule has 112 valence electrons. The molecule has 0 spiro atoms. The highest BCUT2D eigenvalue weighted by Crippen LogP contribution is 2.38. The van der Waals surface area contributed by atoms with E-state index >= 15 is 0 Å². The van der Waals surface area contributed by atoms with Crippen molar-refractivity contribution in [2.24, 2.45) is 11.8 Å². The molecule has 0 unspecified atom stereocenters. The predicted octanol–water partition coefficient (Wildman–Crippen LogP) is 1.23. The van der Waals surface area contributed by atoms with Gasteiger partial charge in [-0.15, -0.1) is 0 Å². The first-order chi connectivity index (χ1) is 10.1. The van der Waals surface area contributed by atoms with Gasteiger partial charge in [0.1, 0.15) is 0 Å². The van der Waals surface area contributed by atoms with E-state index in [1.807, 2.05) is 19.1 Å². The van der Waals surface area contributed by atoms with Crippen molar-refractivity contribution in [2.75, 3.05) is 13.4 Å². The van der Waals surface area contributed by atoms with Crippen molar-refractivity contribution in [3.8, 4) is 11.5 Å². The van der Waals surface area contributed by atoms with Crippen molar-refractivity contribution in [3.05, 3.63) is 23.8 Å². The third-order valence-electron chi connectivity index (χ3n) is 3.68. The van der Waals surface area contributed by atoms with Crippen LogP contribution in [-0.2, 0) is 20.9 Å². The first-order valence-electron chi connectivity index (χ1n) is 6.95. The van der Waals surface area contributed by atoms with Crippen molar-refractivity contribution in [1.82, 2.24) is 5.32 Å². The number of hydrogen-bond donors (Lipinski definition) is 1. The minimum Gasteiger partial charge on any atom is -0.455 e. The second-order valence-electron chi connectivity index (χ2n) is 5.39. The van der Waals surface area contributed by atoms with Crippen LogP contribution in [0.1, 0.15) is 18.9 Å². The number of ether oxygens (including phenoxy) is 3. The standard InChI is InChI=1S/C15H17NO5/c1-9-4-11(9)15(18)19-7-14(17)16-6-10-2-3-12-13(5-10)21-8-20-12/h2-3,5,9,11H,4,6-8H2,1H3,(H,16,17)/t9-,11-/m0/s1. The molecule has 2 atom stereocenters. The van der Waals surface area contributed by atoms with Gasteiger partial charge in [0.25, 0.3) is 5.91 Å². The van der Waals surface area contributed by atoms with E-state index in [0.29, 0.717) is 24.0 Å². The van der Waals surface area contributed by atoms with Crippen LogP contribution in [0, 0.1) is 11.8 Å². The topological polar surface area (TPSA) is 73.9 Å². The number of carbonyl (C=O) groups is 2. The van der Waals surface area contributed by atoms with Gasteiger partial charge in [-0.1, -0.05) is 13.0 Å². The summed E-state index contributed by atoms with van der Waals surface area (Å²) < 4.78 is 15.4. The van der Waals surface area contributed by atoms with Gasteiger partial charge in [-0.2, -0.15) is 0 Å². The zero-order valence-corrected chi connectivity index (χ0v) is 11.8. The monoisotopic (exact) mass is 291 g/mol. The number of hydrogen-bond acceptors (Lipinski definition) is 5. The highest BCUT2D eigenvalue weighted by Gasteiger charge is 2.40. The van der Waals surface area contributed by atoms with E-state index in [0.717, 1.165) is 12.0 Å². The number of carbonyl (C=O) groups excluding carboxylic acids is 2. The SMILES string of the molecule is C[C@H]1C[C@@H]1C(=O)OCC(=O)NCc1ccc2c(c1)OCO2. The Hall–Kier alpha value is -2.24. The predicted molar refractivity (Wildman–Crippen MR) is 72.6 cm³/mol. The average molecular weight is 291 g/mol. The van der Waals surface area contributed by atoms with Crippen LogP contribution in [0.5, 0.6) is 11.5 Å². The molecule has 2 aliphatic rings.